The fourth-order valence-corrected chi connectivity index (χ4v) is 3.43. The highest BCUT2D eigenvalue weighted by Gasteiger charge is 2.32. The quantitative estimate of drug-likeness (QED) is 0.853. The third kappa shape index (κ3) is 3.49. The third-order valence-electron chi connectivity index (χ3n) is 3.44. The Labute approximate surface area is 124 Å². The van der Waals surface area contributed by atoms with Crippen LogP contribution in [-0.4, -0.2) is 25.8 Å². The van der Waals surface area contributed by atoms with Gasteiger partial charge >= 0.3 is 0 Å². The summed E-state index contributed by atoms with van der Waals surface area (Å²) >= 11 is 3.26. The number of hydrogen-bond donors (Lipinski definition) is 1. The number of sulfonamides is 1. The van der Waals surface area contributed by atoms with Crippen LogP contribution in [-0.2, 0) is 10.0 Å². The lowest BCUT2D eigenvalue weighted by atomic mass is 9.88. The minimum atomic E-state index is -3.53. The van der Waals surface area contributed by atoms with Gasteiger partial charge in [0.25, 0.3) is 0 Å². The van der Waals surface area contributed by atoms with Crippen molar-refractivity contribution in [1.29, 1.82) is 0 Å². The van der Waals surface area contributed by atoms with Gasteiger partial charge in [-0.3, -0.25) is 0 Å². The summed E-state index contributed by atoms with van der Waals surface area (Å²) in [6.45, 7) is 7.94. The molecule has 19 heavy (non-hydrogen) atoms. The molecular formula is C13H21BrN2O2S. The maximum Gasteiger partial charge on any atom is 0.243 e. The first kappa shape index (κ1) is 16.5. The first-order valence-corrected chi connectivity index (χ1v) is 8.24. The average molecular weight is 349 g/mol. The average Bonchev–Trinajstić information content (AvgIpc) is 2.29. The molecule has 4 nitrogen and oxygen atoms in total. The summed E-state index contributed by atoms with van der Waals surface area (Å²) in [7, 11) is -1.93. The van der Waals surface area contributed by atoms with E-state index in [2.05, 4.69) is 15.9 Å². The molecule has 1 unspecified atom stereocenters. The van der Waals surface area contributed by atoms with Crippen LogP contribution >= 0.6 is 15.9 Å². The molecule has 0 spiro atoms. The van der Waals surface area contributed by atoms with Crippen molar-refractivity contribution in [3.8, 4) is 0 Å². The monoisotopic (exact) mass is 348 g/mol. The van der Waals surface area contributed by atoms with Gasteiger partial charge in [-0.1, -0.05) is 20.8 Å². The van der Waals surface area contributed by atoms with Gasteiger partial charge in [0.05, 0.1) is 4.90 Å². The summed E-state index contributed by atoms with van der Waals surface area (Å²) < 4.78 is 27.2. The minimum absolute atomic E-state index is 0.123. The second-order valence-electron chi connectivity index (χ2n) is 5.75. The van der Waals surface area contributed by atoms with E-state index in [0.29, 0.717) is 10.2 Å². The highest BCUT2D eigenvalue weighted by Crippen LogP contribution is 2.29. The SMILES string of the molecule is CC(N(C)S(=O)(=O)c1ccc(Br)c(N)c1)C(C)(C)C. The van der Waals surface area contributed by atoms with Crippen molar-refractivity contribution in [2.24, 2.45) is 5.41 Å². The van der Waals surface area contributed by atoms with Crippen LogP contribution in [0.1, 0.15) is 27.7 Å². The van der Waals surface area contributed by atoms with Crippen molar-refractivity contribution >= 4 is 31.6 Å². The lowest BCUT2D eigenvalue weighted by Crippen LogP contribution is -2.42. The van der Waals surface area contributed by atoms with Crippen molar-refractivity contribution in [3.63, 3.8) is 0 Å². The van der Waals surface area contributed by atoms with E-state index in [9.17, 15) is 8.42 Å². The van der Waals surface area contributed by atoms with E-state index in [0.717, 1.165) is 0 Å². The Morgan fingerprint density at radius 3 is 2.26 bits per heavy atom. The van der Waals surface area contributed by atoms with E-state index in [1.165, 1.54) is 10.4 Å². The molecule has 0 fully saturated rings. The lowest BCUT2D eigenvalue weighted by molar-refractivity contribution is 0.216. The second kappa shape index (κ2) is 5.42. The molecule has 0 aliphatic heterocycles. The van der Waals surface area contributed by atoms with Gasteiger partial charge in [-0.05, 0) is 46.5 Å². The number of halogens is 1. The molecule has 1 aromatic rings. The molecule has 6 heteroatoms. The van der Waals surface area contributed by atoms with Crippen LogP contribution in [0.2, 0.25) is 0 Å². The summed E-state index contributed by atoms with van der Waals surface area (Å²) in [5.41, 5.74) is 6.03. The number of anilines is 1. The Bertz CT molecular complexity index is 564. The summed E-state index contributed by atoms with van der Waals surface area (Å²) in [4.78, 5) is 0.215. The topological polar surface area (TPSA) is 63.4 Å². The molecular weight excluding hydrogens is 328 g/mol. The van der Waals surface area contributed by atoms with Gasteiger partial charge < -0.3 is 5.73 Å². The van der Waals surface area contributed by atoms with Gasteiger partial charge in [0.2, 0.25) is 10.0 Å². The normalized spacial score (nSPS) is 14.7. The van der Waals surface area contributed by atoms with Crippen LogP contribution in [0.25, 0.3) is 0 Å². The molecule has 0 heterocycles. The summed E-state index contributed by atoms with van der Waals surface area (Å²) in [5, 5.41) is 0. The van der Waals surface area contributed by atoms with Crippen molar-refractivity contribution in [1.82, 2.24) is 4.31 Å². The molecule has 0 aliphatic carbocycles. The van der Waals surface area contributed by atoms with E-state index in [1.807, 2.05) is 27.7 Å². The number of nitrogens with zero attached hydrogens (tertiary/aromatic N) is 1. The van der Waals surface area contributed by atoms with Gasteiger partial charge in [0.1, 0.15) is 0 Å². The Kier molecular flexibility index (Phi) is 4.70. The number of hydrogen-bond acceptors (Lipinski definition) is 3. The Hall–Kier alpha value is -0.590. The molecule has 1 atom stereocenters. The van der Waals surface area contributed by atoms with Gasteiger partial charge in [0, 0.05) is 23.2 Å². The van der Waals surface area contributed by atoms with Crippen LogP contribution in [0.15, 0.2) is 27.6 Å². The molecule has 0 saturated heterocycles. The van der Waals surface area contributed by atoms with Crippen LogP contribution < -0.4 is 5.73 Å². The van der Waals surface area contributed by atoms with E-state index < -0.39 is 10.0 Å². The molecule has 0 aliphatic rings. The fraction of sp³-hybridized carbons (Fsp3) is 0.538. The maximum atomic E-state index is 12.5. The Balaban J connectivity index is 3.20. The smallest absolute Gasteiger partial charge is 0.243 e. The first-order chi connectivity index (χ1) is 8.48. The zero-order valence-electron chi connectivity index (χ0n) is 11.9. The molecule has 0 amide bonds. The van der Waals surface area contributed by atoms with Crippen molar-refractivity contribution in [3.05, 3.63) is 22.7 Å². The van der Waals surface area contributed by atoms with E-state index in [1.54, 1.807) is 19.2 Å². The first-order valence-electron chi connectivity index (χ1n) is 6.01. The van der Waals surface area contributed by atoms with E-state index in [-0.39, 0.29) is 16.4 Å². The van der Waals surface area contributed by atoms with Crippen molar-refractivity contribution in [2.45, 2.75) is 38.6 Å². The van der Waals surface area contributed by atoms with Crippen LogP contribution in [0.4, 0.5) is 5.69 Å². The van der Waals surface area contributed by atoms with Gasteiger partial charge in [-0.25, -0.2) is 8.42 Å². The summed E-state index contributed by atoms with van der Waals surface area (Å²) in [6.07, 6.45) is 0. The number of benzene rings is 1. The standard InChI is InChI=1S/C13H21BrN2O2S/c1-9(13(2,3)4)16(5)19(17,18)10-6-7-11(14)12(15)8-10/h6-9H,15H2,1-5H3. The summed E-state index contributed by atoms with van der Waals surface area (Å²) in [5.74, 6) is 0. The maximum absolute atomic E-state index is 12.5. The van der Waals surface area contributed by atoms with Crippen LogP contribution in [0.5, 0.6) is 0 Å². The number of rotatable bonds is 3. The number of nitrogen functional groups attached to an aromatic ring is 1. The fourth-order valence-electron chi connectivity index (χ4n) is 1.60. The molecule has 1 rings (SSSR count). The van der Waals surface area contributed by atoms with E-state index >= 15 is 0 Å². The zero-order valence-corrected chi connectivity index (χ0v) is 14.3. The van der Waals surface area contributed by atoms with Gasteiger partial charge in [-0.2, -0.15) is 4.31 Å². The molecule has 2 N–H and O–H groups in total. The molecule has 108 valence electrons. The molecule has 0 aromatic heterocycles. The molecule has 0 radical (unpaired) electrons. The Morgan fingerprint density at radius 2 is 1.84 bits per heavy atom. The predicted octanol–water partition coefficient (Wildman–Crippen LogP) is 3.09. The largest absolute Gasteiger partial charge is 0.398 e. The van der Waals surface area contributed by atoms with Crippen molar-refractivity contribution in [2.75, 3.05) is 12.8 Å². The molecule has 1 aromatic carbocycles. The second-order valence-corrected chi connectivity index (χ2v) is 8.60. The van der Waals surface area contributed by atoms with Crippen LogP contribution in [0.3, 0.4) is 0 Å². The van der Waals surface area contributed by atoms with E-state index in [4.69, 9.17) is 5.73 Å². The minimum Gasteiger partial charge on any atom is -0.398 e. The van der Waals surface area contributed by atoms with Crippen LogP contribution in [0, 0.1) is 5.41 Å². The van der Waals surface area contributed by atoms with Gasteiger partial charge in [-0.15, -0.1) is 0 Å². The number of nitrogens with two attached hydrogens (primary N) is 1. The molecule has 0 bridgehead atoms. The lowest BCUT2D eigenvalue weighted by Gasteiger charge is -2.34. The van der Waals surface area contributed by atoms with Gasteiger partial charge in [0.15, 0.2) is 0 Å². The zero-order chi connectivity index (χ0) is 15.0. The van der Waals surface area contributed by atoms with Crippen molar-refractivity contribution < 1.29 is 8.42 Å². The molecule has 0 saturated carbocycles. The highest BCUT2D eigenvalue weighted by atomic mass is 79.9. The predicted molar refractivity (Wildman–Crippen MR) is 82.4 cm³/mol. The highest BCUT2D eigenvalue weighted by molar-refractivity contribution is 9.10. The Morgan fingerprint density at radius 1 is 1.32 bits per heavy atom. The summed E-state index contributed by atoms with van der Waals surface area (Å²) in [6, 6.07) is 4.56. The third-order valence-corrected chi connectivity index (χ3v) is 6.09.